The van der Waals surface area contributed by atoms with E-state index in [-0.39, 0.29) is 6.04 Å². The molecule has 2 aromatic rings. The van der Waals surface area contributed by atoms with E-state index in [1.807, 2.05) is 36.6 Å². The highest BCUT2D eigenvalue weighted by Crippen LogP contribution is 2.20. The van der Waals surface area contributed by atoms with Crippen molar-refractivity contribution in [3.63, 3.8) is 0 Å². The molecule has 2 N–H and O–H groups in total. The lowest BCUT2D eigenvalue weighted by molar-refractivity contribution is 0.170. The smallest absolute Gasteiger partial charge is 0.110 e. The van der Waals surface area contributed by atoms with Gasteiger partial charge in [-0.2, -0.15) is 0 Å². The first-order valence-electron chi connectivity index (χ1n) is 6.15. The number of benzene rings is 1. The van der Waals surface area contributed by atoms with E-state index in [2.05, 4.69) is 33.2 Å². The predicted octanol–water partition coefficient (Wildman–Crippen LogP) is 3.60. The molecule has 0 aliphatic carbocycles. The molecule has 1 aromatic heterocycles. The molecule has 0 saturated heterocycles. The van der Waals surface area contributed by atoms with Crippen LogP contribution in [0.2, 0.25) is 0 Å². The fraction of sp³-hybridized carbons (Fsp3) is 0.357. The van der Waals surface area contributed by atoms with Crippen molar-refractivity contribution in [3.8, 4) is 0 Å². The van der Waals surface area contributed by atoms with E-state index in [1.54, 1.807) is 11.3 Å². The lowest BCUT2D eigenvalue weighted by Crippen LogP contribution is -2.24. The van der Waals surface area contributed by atoms with Crippen LogP contribution in [-0.4, -0.2) is 16.6 Å². The molecule has 0 saturated carbocycles. The Morgan fingerprint density at radius 2 is 2.26 bits per heavy atom. The molecule has 2 rings (SSSR count). The average molecular weight is 341 g/mol. The molecule has 0 bridgehead atoms. The molecule has 1 heterocycles. The molecule has 0 radical (unpaired) electrons. The Bertz CT molecular complexity index is 544. The van der Waals surface area contributed by atoms with Gasteiger partial charge in [-0.3, -0.25) is 0 Å². The van der Waals surface area contributed by atoms with E-state index < -0.39 is 6.10 Å². The van der Waals surface area contributed by atoms with Gasteiger partial charge in [0.05, 0.1) is 12.1 Å². The van der Waals surface area contributed by atoms with Gasteiger partial charge in [0.15, 0.2) is 0 Å². The average Bonchev–Trinajstić information content (AvgIpc) is 2.82. The summed E-state index contributed by atoms with van der Waals surface area (Å²) in [5.41, 5.74) is 1.95. The molecular formula is C14H17BrN2OS. The maximum absolute atomic E-state index is 10.1. The van der Waals surface area contributed by atoms with E-state index in [0.29, 0.717) is 6.54 Å². The first-order valence-corrected chi connectivity index (χ1v) is 7.82. The van der Waals surface area contributed by atoms with Gasteiger partial charge in [-0.05, 0) is 31.5 Å². The largest absolute Gasteiger partial charge is 0.387 e. The minimum atomic E-state index is -0.513. The maximum atomic E-state index is 10.1. The topological polar surface area (TPSA) is 45.1 Å². The highest BCUT2D eigenvalue weighted by molar-refractivity contribution is 9.10. The number of aliphatic hydroxyl groups excluding tert-OH is 1. The third-order valence-corrected chi connectivity index (χ3v) is 4.50. The molecule has 2 unspecified atom stereocenters. The first-order chi connectivity index (χ1) is 9.06. The normalized spacial score (nSPS) is 14.3. The van der Waals surface area contributed by atoms with E-state index >= 15 is 0 Å². The number of nitrogens with one attached hydrogen (secondary N) is 1. The second-order valence-electron chi connectivity index (χ2n) is 4.53. The van der Waals surface area contributed by atoms with Gasteiger partial charge in [0.1, 0.15) is 5.01 Å². The van der Waals surface area contributed by atoms with Crippen molar-refractivity contribution < 1.29 is 5.11 Å². The molecule has 3 nitrogen and oxygen atoms in total. The quantitative estimate of drug-likeness (QED) is 0.873. The van der Waals surface area contributed by atoms with E-state index in [0.717, 1.165) is 20.7 Å². The third kappa shape index (κ3) is 4.11. The van der Waals surface area contributed by atoms with Gasteiger partial charge in [0.25, 0.3) is 0 Å². The Kier molecular flexibility index (Phi) is 5.10. The van der Waals surface area contributed by atoms with Gasteiger partial charge in [-0.15, -0.1) is 11.3 Å². The van der Waals surface area contributed by atoms with Crippen LogP contribution in [0.25, 0.3) is 0 Å². The standard InChI is InChI=1S/C14H17BrN2OS/c1-9-8-19-14(17-9)10(2)16-7-13(18)11-4-3-5-12(15)6-11/h3-6,8,10,13,16,18H,7H2,1-2H3. The summed E-state index contributed by atoms with van der Waals surface area (Å²) in [7, 11) is 0. The number of rotatable bonds is 5. The first kappa shape index (κ1) is 14.7. The van der Waals surface area contributed by atoms with Crippen LogP contribution >= 0.6 is 27.3 Å². The summed E-state index contributed by atoms with van der Waals surface area (Å²) in [6, 6.07) is 7.89. The van der Waals surface area contributed by atoms with Crippen LogP contribution < -0.4 is 5.32 Å². The molecule has 0 aliphatic rings. The van der Waals surface area contributed by atoms with Crippen molar-refractivity contribution >= 4 is 27.3 Å². The van der Waals surface area contributed by atoms with Crippen LogP contribution in [0, 0.1) is 6.92 Å². The Morgan fingerprint density at radius 3 is 2.89 bits per heavy atom. The Morgan fingerprint density at radius 1 is 1.47 bits per heavy atom. The van der Waals surface area contributed by atoms with Crippen molar-refractivity contribution in [1.82, 2.24) is 10.3 Å². The van der Waals surface area contributed by atoms with Crippen LogP contribution in [0.15, 0.2) is 34.1 Å². The highest BCUT2D eigenvalue weighted by atomic mass is 79.9. The van der Waals surface area contributed by atoms with Gasteiger partial charge in [0.2, 0.25) is 0 Å². The van der Waals surface area contributed by atoms with Gasteiger partial charge >= 0.3 is 0 Å². The molecular weight excluding hydrogens is 324 g/mol. The summed E-state index contributed by atoms with van der Waals surface area (Å²) in [5.74, 6) is 0. The summed E-state index contributed by atoms with van der Waals surface area (Å²) < 4.78 is 0.979. The van der Waals surface area contributed by atoms with Crippen LogP contribution in [0.4, 0.5) is 0 Å². The third-order valence-electron chi connectivity index (χ3n) is 2.86. The summed E-state index contributed by atoms with van der Waals surface area (Å²) in [4.78, 5) is 4.44. The van der Waals surface area contributed by atoms with Crippen LogP contribution in [0.3, 0.4) is 0 Å². The summed E-state index contributed by atoms with van der Waals surface area (Å²) in [6.45, 7) is 4.56. The van der Waals surface area contributed by atoms with Crippen molar-refractivity contribution in [3.05, 3.63) is 50.4 Å². The van der Waals surface area contributed by atoms with Gasteiger partial charge in [-0.25, -0.2) is 4.98 Å². The summed E-state index contributed by atoms with van der Waals surface area (Å²) in [6.07, 6.45) is -0.513. The Labute approximate surface area is 125 Å². The van der Waals surface area contributed by atoms with Crippen LogP contribution in [0.1, 0.15) is 35.3 Å². The molecule has 102 valence electrons. The SMILES string of the molecule is Cc1csc(C(C)NCC(O)c2cccc(Br)c2)n1. The number of hydrogen-bond acceptors (Lipinski definition) is 4. The number of aromatic nitrogens is 1. The minimum absolute atomic E-state index is 0.153. The van der Waals surface area contributed by atoms with Crippen molar-refractivity contribution in [2.75, 3.05) is 6.54 Å². The van der Waals surface area contributed by atoms with Gasteiger partial charge < -0.3 is 10.4 Å². The van der Waals surface area contributed by atoms with Crippen LogP contribution in [-0.2, 0) is 0 Å². The second kappa shape index (κ2) is 6.61. The van der Waals surface area contributed by atoms with E-state index in [1.165, 1.54) is 0 Å². The fourth-order valence-corrected chi connectivity index (χ4v) is 3.02. The van der Waals surface area contributed by atoms with E-state index in [4.69, 9.17) is 0 Å². The number of thiazole rings is 1. The van der Waals surface area contributed by atoms with Crippen molar-refractivity contribution in [1.29, 1.82) is 0 Å². The molecule has 0 aliphatic heterocycles. The summed E-state index contributed by atoms with van der Waals surface area (Å²) >= 11 is 5.05. The number of aliphatic hydroxyl groups is 1. The van der Waals surface area contributed by atoms with Crippen molar-refractivity contribution in [2.45, 2.75) is 26.0 Å². The molecule has 0 amide bonds. The van der Waals surface area contributed by atoms with Crippen LogP contribution in [0.5, 0.6) is 0 Å². The second-order valence-corrected chi connectivity index (χ2v) is 6.33. The number of halogens is 1. The zero-order chi connectivity index (χ0) is 13.8. The molecule has 0 spiro atoms. The maximum Gasteiger partial charge on any atom is 0.110 e. The lowest BCUT2D eigenvalue weighted by Gasteiger charge is -2.16. The van der Waals surface area contributed by atoms with Crippen molar-refractivity contribution in [2.24, 2.45) is 0 Å². The number of aryl methyl sites for hydroxylation is 1. The van der Waals surface area contributed by atoms with E-state index in [9.17, 15) is 5.11 Å². The predicted molar refractivity (Wildman–Crippen MR) is 82.4 cm³/mol. The number of hydrogen-bond donors (Lipinski definition) is 2. The molecule has 2 atom stereocenters. The number of nitrogens with zero attached hydrogens (tertiary/aromatic N) is 1. The zero-order valence-electron chi connectivity index (χ0n) is 10.9. The molecule has 0 fully saturated rings. The highest BCUT2D eigenvalue weighted by Gasteiger charge is 2.12. The monoisotopic (exact) mass is 340 g/mol. The van der Waals surface area contributed by atoms with Gasteiger partial charge in [0, 0.05) is 22.1 Å². The lowest BCUT2D eigenvalue weighted by atomic mass is 10.1. The van der Waals surface area contributed by atoms with Gasteiger partial charge in [-0.1, -0.05) is 28.1 Å². The molecule has 19 heavy (non-hydrogen) atoms. The Hall–Kier alpha value is -0.750. The summed E-state index contributed by atoms with van der Waals surface area (Å²) in [5, 5.41) is 16.6. The molecule has 1 aromatic carbocycles. The Balaban J connectivity index is 1.91. The minimum Gasteiger partial charge on any atom is -0.387 e. The fourth-order valence-electron chi connectivity index (χ4n) is 1.78. The molecule has 5 heteroatoms. The zero-order valence-corrected chi connectivity index (χ0v) is 13.3.